The Balaban J connectivity index is 1.96. The first-order chi connectivity index (χ1) is 10.0. The normalized spacial score (nSPS) is 18.1. The largest absolute Gasteiger partial charge is 0.504 e. The maximum Gasteiger partial charge on any atom is 0.210 e. The average Bonchev–Trinajstić information content (AvgIpc) is 2.82. The molecule has 0 saturated heterocycles. The maximum atomic E-state index is 12.2. The van der Waals surface area contributed by atoms with Gasteiger partial charge in [0, 0.05) is 5.56 Å². The molecule has 6 heteroatoms. The van der Waals surface area contributed by atoms with Gasteiger partial charge in [-0.15, -0.1) is 0 Å². The van der Waals surface area contributed by atoms with Gasteiger partial charge in [0.25, 0.3) is 0 Å². The molecule has 0 aliphatic carbocycles. The number of hydrogen-bond donors (Lipinski definition) is 4. The molecule has 3 rings (SSSR count). The van der Waals surface area contributed by atoms with Gasteiger partial charge in [0.15, 0.2) is 17.6 Å². The average molecular weight is 288 g/mol. The summed E-state index contributed by atoms with van der Waals surface area (Å²) in [5.74, 6) is -2.02. The number of carbonyl (C=O) groups excluding carboxylic acids is 1. The van der Waals surface area contributed by atoms with Gasteiger partial charge in [-0.05, 0) is 24.3 Å². The minimum absolute atomic E-state index is 0.101. The molecule has 0 aromatic heterocycles. The minimum atomic E-state index is -1.48. The second-order valence-corrected chi connectivity index (χ2v) is 4.71. The Hall–Kier alpha value is -2.73. The Morgan fingerprint density at radius 1 is 1.00 bits per heavy atom. The van der Waals surface area contributed by atoms with Crippen molar-refractivity contribution >= 4 is 5.78 Å². The highest BCUT2D eigenvalue weighted by molar-refractivity contribution is 6.05. The summed E-state index contributed by atoms with van der Waals surface area (Å²) in [5, 5.41) is 38.8. The molecular weight excluding hydrogens is 276 g/mol. The first kappa shape index (κ1) is 13.3. The zero-order valence-electron chi connectivity index (χ0n) is 10.7. The number of aliphatic hydroxyl groups excluding tert-OH is 1. The van der Waals surface area contributed by atoms with Crippen LogP contribution in [0.1, 0.15) is 22.0 Å². The number of fused-ring (bicyclic) bond motifs is 1. The Labute approximate surface area is 119 Å². The van der Waals surface area contributed by atoms with Crippen molar-refractivity contribution in [2.24, 2.45) is 0 Å². The monoisotopic (exact) mass is 288 g/mol. The first-order valence-corrected chi connectivity index (χ1v) is 6.22. The predicted octanol–water partition coefficient (Wildman–Crippen LogP) is 1.48. The van der Waals surface area contributed by atoms with Gasteiger partial charge in [0.05, 0.1) is 5.56 Å². The van der Waals surface area contributed by atoms with Gasteiger partial charge < -0.3 is 25.2 Å². The van der Waals surface area contributed by atoms with E-state index >= 15 is 0 Å². The summed E-state index contributed by atoms with van der Waals surface area (Å²) in [6.45, 7) is 0. The van der Waals surface area contributed by atoms with Crippen molar-refractivity contribution in [1.82, 2.24) is 0 Å². The molecule has 2 atom stereocenters. The Morgan fingerprint density at radius 3 is 2.43 bits per heavy atom. The van der Waals surface area contributed by atoms with Gasteiger partial charge in [-0.25, -0.2) is 0 Å². The van der Waals surface area contributed by atoms with Crippen molar-refractivity contribution in [1.29, 1.82) is 0 Å². The second kappa shape index (κ2) is 4.68. The maximum absolute atomic E-state index is 12.2. The number of hydrogen-bond acceptors (Lipinski definition) is 6. The molecule has 21 heavy (non-hydrogen) atoms. The molecular formula is C15H12O6. The van der Waals surface area contributed by atoms with Crippen molar-refractivity contribution < 1.29 is 30.0 Å². The topological polar surface area (TPSA) is 107 Å². The number of phenolic OH excluding ortho intramolecular Hbond substituents is 3. The molecule has 0 radical (unpaired) electrons. The van der Waals surface area contributed by atoms with Crippen LogP contribution < -0.4 is 4.74 Å². The molecule has 2 aromatic carbocycles. The van der Waals surface area contributed by atoms with Gasteiger partial charge in [0.1, 0.15) is 11.9 Å². The molecule has 108 valence electrons. The van der Waals surface area contributed by atoms with E-state index in [1.807, 2.05) is 0 Å². The van der Waals surface area contributed by atoms with Crippen LogP contribution in [-0.4, -0.2) is 32.3 Å². The third-order valence-corrected chi connectivity index (χ3v) is 3.43. The van der Waals surface area contributed by atoms with Gasteiger partial charge in [-0.1, -0.05) is 12.1 Å². The third-order valence-electron chi connectivity index (χ3n) is 3.43. The summed E-state index contributed by atoms with van der Waals surface area (Å²) < 4.78 is 5.41. The molecule has 1 aliphatic rings. The third kappa shape index (κ3) is 1.96. The molecule has 6 nitrogen and oxygen atoms in total. The SMILES string of the molecule is O=C1c2ccccc2OC1C(O)c1ccc(O)c(O)c1O. The lowest BCUT2D eigenvalue weighted by molar-refractivity contribution is 0.0396. The number of phenols is 3. The quantitative estimate of drug-likeness (QED) is 0.623. The number of aliphatic hydroxyl groups is 1. The van der Waals surface area contributed by atoms with Crippen LogP contribution in [0.25, 0.3) is 0 Å². The molecule has 2 aromatic rings. The van der Waals surface area contributed by atoms with Crippen LogP contribution in [0.5, 0.6) is 23.0 Å². The smallest absolute Gasteiger partial charge is 0.210 e. The van der Waals surface area contributed by atoms with Gasteiger partial charge in [-0.3, -0.25) is 4.79 Å². The van der Waals surface area contributed by atoms with E-state index < -0.39 is 35.2 Å². The molecule has 4 N–H and O–H groups in total. The molecule has 0 fully saturated rings. The summed E-state index contributed by atoms with van der Waals surface area (Å²) in [4.78, 5) is 12.2. The van der Waals surface area contributed by atoms with Crippen LogP contribution in [0.3, 0.4) is 0 Å². The van der Waals surface area contributed by atoms with Crippen LogP contribution in [0.4, 0.5) is 0 Å². The molecule has 0 amide bonds. The van der Waals surface area contributed by atoms with Crippen molar-refractivity contribution in [3.05, 3.63) is 47.5 Å². The van der Waals surface area contributed by atoms with E-state index in [1.165, 1.54) is 6.07 Å². The summed E-state index contributed by atoms with van der Waals surface area (Å²) in [5.41, 5.74) is 0.250. The number of aromatic hydroxyl groups is 3. The number of ether oxygens (including phenoxy) is 1. The van der Waals surface area contributed by atoms with E-state index in [4.69, 9.17) is 4.74 Å². The van der Waals surface area contributed by atoms with Crippen molar-refractivity contribution in [3.63, 3.8) is 0 Å². The van der Waals surface area contributed by atoms with Crippen LogP contribution in [0.2, 0.25) is 0 Å². The Kier molecular flexibility index (Phi) is 2.95. The number of benzene rings is 2. The number of ketones is 1. The van der Waals surface area contributed by atoms with Gasteiger partial charge >= 0.3 is 0 Å². The zero-order valence-corrected chi connectivity index (χ0v) is 10.7. The number of Topliss-reactive ketones (excluding diaryl/α,β-unsaturated/α-hetero) is 1. The fraction of sp³-hybridized carbons (Fsp3) is 0.133. The van der Waals surface area contributed by atoms with Gasteiger partial charge in [0.2, 0.25) is 11.5 Å². The fourth-order valence-corrected chi connectivity index (χ4v) is 2.31. The second-order valence-electron chi connectivity index (χ2n) is 4.71. The lowest BCUT2D eigenvalue weighted by atomic mass is 9.98. The van der Waals surface area contributed by atoms with Crippen LogP contribution in [0.15, 0.2) is 36.4 Å². The molecule has 2 unspecified atom stereocenters. The lowest BCUT2D eigenvalue weighted by Crippen LogP contribution is -2.28. The van der Waals surface area contributed by atoms with E-state index in [1.54, 1.807) is 24.3 Å². The number of carbonyl (C=O) groups is 1. The lowest BCUT2D eigenvalue weighted by Gasteiger charge is -2.18. The zero-order chi connectivity index (χ0) is 15.1. The number of para-hydroxylation sites is 1. The molecule has 1 heterocycles. The van der Waals surface area contributed by atoms with Crippen LogP contribution >= 0.6 is 0 Å². The predicted molar refractivity (Wildman–Crippen MR) is 71.6 cm³/mol. The van der Waals surface area contributed by atoms with Gasteiger partial charge in [-0.2, -0.15) is 0 Å². The van der Waals surface area contributed by atoms with Crippen molar-refractivity contribution in [2.45, 2.75) is 12.2 Å². The molecule has 1 aliphatic heterocycles. The van der Waals surface area contributed by atoms with Crippen LogP contribution in [0, 0.1) is 0 Å². The van der Waals surface area contributed by atoms with Crippen molar-refractivity contribution in [3.8, 4) is 23.0 Å². The first-order valence-electron chi connectivity index (χ1n) is 6.22. The molecule has 0 bridgehead atoms. The highest BCUT2D eigenvalue weighted by Crippen LogP contribution is 2.42. The fourth-order valence-electron chi connectivity index (χ4n) is 2.31. The summed E-state index contributed by atoms with van der Waals surface area (Å²) in [7, 11) is 0. The van der Waals surface area contributed by atoms with E-state index in [0.29, 0.717) is 11.3 Å². The molecule has 0 saturated carbocycles. The Bertz CT molecular complexity index is 724. The number of rotatable bonds is 2. The van der Waals surface area contributed by atoms with Crippen molar-refractivity contribution in [2.75, 3.05) is 0 Å². The standard InChI is InChI=1S/C15H12O6/c16-9-6-5-8(11(17)14(9)20)13(19)15-12(18)7-3-1-2-4-10(7)21-15/h1-6,13,15-17,19-20H. The summed E-state index contributed by atoms with van der Waals surface area (Å²) in [6, 6.07) is 8.89. The van der Waals surface area contributed by atoms with E-state index in [2.05, 4.69) is 0 Å². The Morgan fingerprint density at radius 2 is 1.71 bits per heavy atom. The van der Waals surface area contributed by atoms with E-state index in [9.17, 15) is 25.2 Å². The summed E-state index contributed by atoms with van der Waals surface area (Å²) >= 11 is 0. The highest BCUT2D eigenvalue weighted by Gasteiger charge is 2.39. The summed E-state index contributed by atoms with van der Waals surface area (Å²) in [6.07, 6.45) is -2.69. The van der Waals surface area contributed by atoms with E-state index in [-0.39, 0.29) is 5.56 Å². The van der Waals surface area contributed by atoms with E-state index in [0.717, 1.165) is 6.07 Å². The molecule has 0 spiro atoms. The highest BCUT2D eigenvalue weighted by atomic mass is 16.5. The minimum Gasteiger partial charge on any atom is -0.504 e. The van der Waals surface area contributed by atoms with Crippen LogP contribution in [-0.2, 0) is 0 Å².